The number of ether oxygens (including phenoxy) is 1. The molecule has 3 aromatic heterocycles. The number of carbonyl (C=O) groups excluding carboxylic acids is 1. The summed E-state index contributed by atoms with van der Waals surface area (Å²) in [6.45, 7) is 0.573. The van der Waals surface area contributed by atoms with E-state index in [1.807, 2.05) is 0 Å². The van der Waals surface area contributed by atoms with Crippen molar-refractivity contribution < 1.29 is 19.0 Å². The van der Waals surface area contributed by atoms with Crippen LogP contribution in [0.5, 0.6) is 11.6 Å². The van der Waals surface area contributed by atoms with Crippen LogP contribution in [0.2, 0.25) is 0 Å². The summed E-state index contributed by atoms with van der Waals surface area (Å²) in [5.74, 6) is -0.620. The molecule has 10 nitrogen and oxygen atoms in total. The Kier molecular flexibility index (Phi) is 7.63. The molecule has 180 valence electrons. The van der Waals surface area contributed by atoms with Crippen LogP contribution in [0.15, 0.2) is 47.7 Å². The number of aryl methyl sites for hydroxylation is 1. The highest BCUT2D eigenvalue weighted by Crippen LogP contribution is 2.32. The molecule has 0 aliphatic heterocycles. The van der Waals surface area contributed by atoms with Gasteiger partial charge in [0, 0.05) is 37.7 Å². The predicted molar refractivity (Wildman–Crippen MR) is 121 cm³/mol. The maximum atomic E-state index is 13.8. The summed E-state index contributed by atoms with van der Waals surface area (Å²) in [4.78, 5) is 29.9. The van der Waals surface area contributed by atoms with E-state index in [1.54, 1.807) is 16.9 Å². The second-order valence-electron chi connectivity index (χ2n) is 8.30. The maximum Gasteiger partial charge on any atom is 0.271 e. The lowest BCUT2D eigenvalue weighted by Gasteiger charge is -2.21. The van der Waals surface area contributed by atoms with Gasteiger partial charge in [0.1, 0.15) is 6.04 Å². The highest BCUT2D eigenvalue weighted by molar-refractivity contribution is 5.92. The van der Waals surface area contributed by atoms with Crippen molar-refractivity contribution in [2.24, 2.45) is 5.92 Å². The van der Waals surface area contributed by atoms with Crippen LogP contribution in [0.3, 0.4) is 0 Å². The van der Waals surface area contributed by atoms with E-state index in [2.05, 4.69) is 20.5 Å². The average Bonchev–Trinajstić information content (AvgIpc) is 3.50. The third-order valence-corrected chi connectivity index (χ3v) is 5.81. The number of nitrogens with one attached hydrogen (secondary N) is 1. The molecule has 11 heteroatoms. The van der Waals surface area contributed by atoms with Crippen molar-refractivity contribution >= 4 is 11.7 Å². The predicted octanol–water partition coefficient (Wildman–Crippen LogP) is 2.91. The van der Waals surface area contributed by atoms with E-state index >= 15 is 0 Å². The lowest BCUT2D eigenvalue weighted by molar-refractivity contribution is -0.120. The number of aliphatic hydroxyl groups excluding tert-OH is 1. The molecule has 1 saturated carbocycles. The summed E-state index contributed by atoms with van der Waals surface area (Å²) in [5, 5.41) is 20.2. The third kappa shape index (κ3) is 5.84. The minimum absolute atomic E-state index is 0.0292. The van der Waals surface area contributed by atoms with Gasteiger partial charge in [-0.2, -0.15) is 10.2 Å². The summed E-state index contributed by atoms with van der Waals surface area (Å²) in [7, 11) is 0. The second kappa shape index (κ2) is 11.0. The molecule has 3 aromatic rings. The van der Waals surface area contributed by atoms with E-state index < -0.39 is 23.3 Å². The highest BCUT2D eigenvalue weighted by atomic mass is 19.1. The molecule has 0 aromatic carbocycles. The van der Waals surface area contributed by atoms with Gasteiger partial charge >= 0.3 is 0 Å². The van der Waals surface area contributed by atoms with Crippen molar-refractivity contribution in [1.82, 2.24) is 24.5 Å². The van der Waals surface area contributed by atoms with E-state index in [-0.39, 0.29) is 18.2 Å². The van der Waals surface area contributed by atoms with Gasteiger partial charge in [0.2, 0.25) is 0 Å². The van der Waals surface area contributed by atoms with Gasteiger partial charge < -0.3 is 15.2 Å². The smallest absolute Gasteiger partial charge is 0.271 e. The minimum atomic E-state index is -0.834. The van der Waals surface area contributed by atoms with Gasteiger partial charge in [-0.25, -0.2) is 14.1 Å². The molecule has 1 aliphatic rings. The first-order chi connectivity index (χ1) is 16.5. The topological polar surface area (TPSA) is 124 Å². The molecule has 1 aliphatic carbocycles. The number of pyridine rings is 1. The molecule has 2 N–H and O–H groups in total. The molecule has 0 spiro atoms. The summed E-state index contributed by atoms with van der Waals surface area (Å²) in [5.41, 5.74) is -0.541. The van der Waals surface area contributed by atoms with Crippen LogP contribution in [-0.4, -0.2) is 42.2 Å². The second-order valence-corrected chi connectivity index (χ2v) is 8.30. The standard InChI is InChI=1S/C23H27FN6O4/c24-18-7-3-9-25-23(18)34-17-14-21(32)30(26-15-17)19(13-16-5-1-2-6-16)22(33)27-20-8-11-29(28-20)10-4-12-31/h3,7-9,11,14-16,19,31H,1-2,4-6,10,12-13H2,(H,27,28,33). The molecule has 0 bridgehead atoms. The Bertz CT molecular complexity index is 1170. The van der Waals surface area contributed by atoms with Crippen LogP contribution in [0.4, 0.5) is 10.2 Å². The molecule has 1 fully saturated rings. The summed E-state index contributed by atoms with van der Waals surface area (Å²) in [6.07, 6.45) is 9.56. The van der Waals surface area contributed by atoms with Crippen LogP contribution >= 0.6 is 0 Å². The van der Waals surface area contributed by atoms with Gasteiger partial charge in [-0.15, -0.1) is 0 Å². The normalized spacial score (nSPS) is 14.8. The fourth-order valence-electron chi connectivity index (χ4n) is 4.12. The van der Waals surface area contributed by atoms with Crippen molar-refractivity contribution in [3.8, 4) is 11.6 Å². The van der Waals surface area contributed by atoms with Crippen LogP contribution in [-0.2, 0) is 11.3 Å². The molecule has 1 amide bonds. The Balaban J connectivity index is 1.53. The lowest BCUT2D eigenvalue weighted by Crippen LogP contribution is -2.36. The van der Waals surface area contributed by atoms with Gasteiger partial charge in [0.15, 0.2) is 17.4 Å². The van der Waals surface area contributed by atoms with E-state index in [0.717, 1.165) is 30.4 Å². The zero-order valence-electron chi connectivity index (χ0n) is 18.6. The molecule has 3 heterocycles. The SMILES string of the molecule is O=C(Nc1ccn(CCCO)n1)C(CC1CCCC1)n1ncc(Oc2ncccc2F)cc1=O. The zero-order chi connectivity index (χ0) is 23.9. The number of hydrogen-bond acceptors (Lipinski definition) is 7. The average molecular weight is 471 g/mol. The number of halogens is 1. The van der Waals surface area contributed by atoms with Crippen molar-refractivity contribution in [1.29, 1.82) is 0 Å². The molecular formula is C23H27FN6O4. The van der Waals surface area contributed by atoms with Gasteiger partial charge in [-0.05, 0) is 30.9 Å². The number of carbonyl (C=O) groups is 1. The lowest BCUT2D eigenvalue weighted by atomic mass is 9.98. The molecule has 1 unspecified atom stereocenters. The maximum absolute atomic E-state index is 13.8. The van der Waals surface area contributed by atoms with Crippen LogP contribution < -0.4 is 15.6 Å². The number of aromatic nitrogens is 5. The Labute approximate surface area is 195 Å². The van der Waals surface area contributed by atoms with Gasteiger partial charge in [-0.1, -0.05) is 25.7 Å². The summed E-state index contributed by atoms with van der Waals surface area (Å²) in [6, 6.07) is 4.62. The van der Waals surface area contributed by atoms with E-state index in [1.165, 1.54) is 30.6 Å². The van der Waals surface area contributed by atoms with Crippen molar-refractivity contribution in [3.05, 3.63) is 59.0 Å². The number of anilines is 1. The number of nitrogens with zero attached hydrogens (tertiary/aromatic N) is 5. The summed E-state index contributed by atoms with van der Waals surface area (Å²) < 4.78 is 22.0. The Morgan fingerprint density at radius 1 is 1.32 bits per heavy atom. The first-order valence-electron chi connectivity index (χ1n) is 11.4. The zero-order valence-corrected chi connectivity index (χ0v) is 18.6. The van der Waals surface area contributed by atoms with Gasteiger partial charge in [-0.3, -0.25) is 14.3 Å². The quantitative estimate of drug-likeness (QED) is 0.467. The first kappa shape index (κ1) is 23.6. The number of amides is 1. The van der Waals surface area contributed by atoms with E-state index in [9.17, 15) is 14.0 Å². The fraction of sp³-hybridized carbons (Fsp3) is 0.435. The molecule has 0 saturated heterocycles. The Morgan fingerprint density at radius 2 is 2.15 bits per heavy atom. The largest absolute Gasteiger partial charge is 0.435 e. The fourth-order valence-corrected chi connectivity index (χ4v) is 4.12. The molecule has 0 radical (unpaired) electrons. The van der Waals surface area contributed by atoms with Gasteiger partial charge in [0.05, 0.1) is 6.20 Å². The van der Waals surface area contributed by atoms with Crippen LogP contribution in [0, 0.1) is 11.7 Å². The van der Waals surface area contributed by atoms with Crippen molar-refractivity contribution in [3.63, 3.8) is 0 Å². The minimum Gasteiger partial charge on any atom is -0.435 e. The summed E-state index contributed by atoms with van der Waals surface area (Å²) >= 11 is 0. The number of hydrogen-bond donors (Lipinski definition) is 2. The molecule has 1 atom stereocenters. The molecular weight excluding hydrogens is 443 g/mol. The monoisotopic (exact) mass is 470 g/mol. The van der Waals surface area contributed by atoms with Crippen molar-refractivity contribution in [2.75, 3.05) is 11.9 Å². The van der Waals surface area contributed by atoms with Crippen LogP contribution in [0.1, 0.15) is 44.6 Å². The van der Waals surface area contributed by atoms with Gasteiger partial charge in [0.25, 0.3) is 17.3 Å². The Hall–Kier alpha value is -3.60. The van der Waals surface area contributed by atoms with E-state index in [0.29, 0.717) is 31.1 Å². The molecule has 34 heavy (non-hydrogen) atoms. The highest BCUT2D eigenvalue weighted by Gasteiger charge is 2.29. The first-order valence-corrected chi connectivity index (χ1v) is 11.4. The van der Waals surface area contributed by atoms with E-state index in [4.69, 9.17) is 9.84 Å². The Morgan fingerprint density at radius 3 is 2.88 bits per heavy atom. The third-order valence-electron chi connectivity index (χ3n) is 5.81. The number of aliphatic hydroxyl groups is 1. The molecule has 4 rings (SSSR count). The van der Waals surface area contributed by atoms with Crippen LogP contribution in [0.25, 0.3) is 0 Å². The number of rotatable bonds is 10. The van der Waals surface area contributed by atoms with Crippen molar-refractivity contribution in [2.45, 2.75) is 51.1 Å².